The first kappa shape index (κ1) is 18.1. The van der Waals surface area contributed by atoms with Gasteiger partial charge in [-0.2, -0.15) is 0 Å². The van der Waals surface area contributed by atoms with E-state index in [-0.39, 0.29) is 17.7 Å². The molecule has 1 aromatic rings. The fourth-order valence-electron chi connectivity index (χ4n) is 3.48. The maximum atomic E-state index is 12.7. The van der Waals surface area contributed by atoms with Gasteiger partial charge in [0.25, 0.3) is 5.91 Å². The van der Waals surface area contributed by atoms with Gasteiger partial charge in [-0.05, 0) is 44.7 Å². The van der Waals surface area contributed by atoms with E-state index >= 15 is 0 Å². The SMILES string of the molecule is CCS(=O)(=O)N1CCC(NC(=O)c2cccnc2N2CCCC2)CC1. The van der Waals surface area contributed by atoms with Crippen molar-refractivity contribution in [1.82, 2.24) is 14.6 Å². The Morgan fingerprint density at radius 1 is 1.24 bits per heavy atom. The van der Waals surface area contributed by atoms with Crippen LogP contribution in [0.4, 0.5) is 5.82 Å². The topological polar surface area (TPSA) is 82.6 Å². The van der Waals surface area contributed by atoms with E-state index in [2.05, 4.69) is 15.2 Å². The van der Waals surface area contributed by atoms with E-state index in [1.54, 1.807) is 19.2 Å². The van der Waals surface area contributed by atoms with Gasteiger partial charge in [-0.25, -0.2) is 17.7 Å². The van der Waals surface area contributed by atoms with Crippen LogP contribution in [0.2, 0.25) is 0 Å². The molecule has 2 aliphatic heterocycles. The smallest absolute Gasteiger partial charge is 0.255 e. The van der Waals surface area contributed by atoms with Crippen molar-refractivity contribution >= 4 is 21.7 Å². The highest BCUT2D eigenvalue weighted by molar-refractivity contribution is 7.89. The third kappa shape index (κ3) is 4.12. The molecule has 1 N–H and O–H groups in total. The number of nitrogens with zero attached hydrogens (tertiary/aromatic N) is 3. The summed E-state index contributed by atoms with van der Waals surface area (Å²) in [6.45, 7) is 4.46. The standard InChI is InChI=1S/C17H26N4O3S/c1-2-25(23,24)21-12-7-14(8-13-21)19-17(22)15-6-5-9-18-16(15)20-10-3-4-11-20/h5-6,9,14H,2-4,7-8,10-13H2,1H3,(H,19,22). The van der Waals surface area contributed by atoms with Gasteiger partial charge in [-0.15, -0.1) is 0 Å². The summed E-state index contributed by atoms with van der Waals surface area (Å²) in [5.41, 5.74) is 0.605. The lowest BCUT2D eigenvalue weighted by molar-refractivity contribution is 0.0924. The Hall–Kier alpha value is -1.67. The zero-order valence-corrected chi connectivity index (χ0v) is 15.5. The third-order valence-electron chi connectivity index (χ3n) is 4.98. The summed E-state index contributed by atoms with van der Waals surface area (Å²) >= 11 is 0. The highest BCUT2D eigenvalue weighted by atomic mass is 32.2. The van der Waals surface area contributed by atoms with Crippen LogP contribution in [0.3, 0.4) is 0 Å². The molecule has 0 radical (unpaired) electrons. The molecule has 8 heteroatoms. The molecular formula is C17H26N4O3S. The van der Waals surface area contributed by atoms with Crippen LogP contribution in [0, 0.1) is 0 Å². The minimum absolute atomic E-state index is 0.00226. The largest absolute Gasteiger partial charge is 0.356 e. The molecule has 0 aromatic carbocycles. The summed E-state index contributed by atoms with van der Waals surface area (Å²) in [4.78, 5) is 19.3. The van der Waals surface area contributed by atoms with Gasteiger partial charge in [0.05, 0.1) is 11.3 Å². The van der Waals surface area contributed by atoms with Crippen molar-refractivity contribution in [3.05, 3.63) is 23.9 Å². The average Bonchev–Trinajstić information content (AvgIpc) is 3.16. The Bertz CT molecular complexity index is 708. The first-order valence-electron chi connectivity index (χ1n) is 9.00. The molecule has 0 saturated carbocycles. The molecule has 1 amide bonds. The maximum absolute atomic E-state index is 12.7. The number of nitrogens with one attached hydrogen (secondary N) is 1. The molecule has 138 valence electrons. The highest BCUT2D eigenvalue weighted by Gasteiger charge is 2.28. The van der Waals surface area contributed by atoms with Crippen molar-refractivity contribution in [3.63, 3.8) is 0 Å². The first-order chi connectivity index (χ1) is 12.0. The summed E-state index contributed by atoms with van der Waals surface area (Å²) in [6.07, 6.45) is 5.26. The highest BCUT2D eigenvalue weighted by Crippen LogP contribution is 2.22. The number of aromatic nitrogens is 1. The second-order valence-corrected chi connectivity index (χ2v) is 8.87. The Kier molecular flexibility index (Phi) is 5.58. The van der Waals surface area contributed by atoms with Gasteiger partial charge in [0.15, 0.2) is 0 Å². The van der Waals surface area contributed by atoms with Gasteiger partial charge < -0.3 is 10.2 Å². The molecule has 2 fully saturated rings. The fourth-order valence-corrected chi connectivity index (χ4v) is 4.61. The Morgan fingerprint density at radius 3 is 2.56 bits per heavy atom. The van der Waals surface area contributed by atoms with Crippen LogP contribution in [0.5, 0.6) is 0 Å². The number of carbonyl (C=O) groups excluding carboxylic acids is 1. The van der Waals surface area contributed by atoms with Gasteiger partial charge in [-0.1, -0.05) is 0 Å². The number of anilines is 1. The fraction of sp³-hybridized carbons (Fsp3) is 0.647. The van der Waals surface area contributed by atoms with Crippen molar-refractivity contribution in [1.29, 1.82) is 0 Å². The monoisotopic (exact) mass is 366 g/mol. The number of hydrogen-bond donors (Lipinski definition) is 1. The number of amides is 1. The molecule has 25 heavy (non-hydrogen) atoms. The molecule has 3 heterocycles. The number of rotatable bonds is 5. The second-order valence-electron chi connectivity index (χ2n) is 6.62. The summed E-state index contributed by atoms with van der Waals surface area (Å²) in [6, 6.07) is 3.60. The quantitative estimate of drug-likeness (QED) is 0.847. The summed E-state index contributed by atoms with van der Waals surface area (Å²) in [5, 5.41) is 3.06. The van der Waals surface area contributed by atoms with Crippen LogP contribution in [-0.2, 0) is 10.0 Å². The van der Waals surface area contributed by atoms with Crippen molar-refractivity contribution in [3.8, 4) is 0 Å². The van der Waals surface area contributed by atoms with Gasteiger partial charge in [0.1, 0.15) is 5.82 Å². The first-order valence-corrected chi connectivity index (χ1v) is 10.6. The lowest BCUT2D eigenvalue weighted by Crippen LogP contribution is -2.47. The Morgan fingerprint density at radius 2 is 1.92 bits per heavy atom. The van der Waals surface area contributed by atoms with E-state index in [4.69, 9.17) is 0 Å². The van der Waals surface area contributed by atoms with Crippen LogP contribution < -0.4 is 10.2 Å². The number of sulfonamides is 1. The van der Waals surface area contributed by atoms with E-state index < -0.39 is 10.0 Å². The van der Waals surface area contributed by atoms with Crippen LogP contribution in [-0.4, -0.2) is 61.6 Å². The van der Waals surface area contributed by atoms with Crippen molar-refractivity contribution in [2.24, 2.45) is 0 Å². The summed E-state index contributed by atoms with van der Waals surface area (Å²) in [7, 11) is -3.14. The van der Waals surface area contributed by atoms with E-state index in [1.165, 1.54) is 4.31 Å². The zero-order chi connectivity index (χ0) is 17.9. The van der Waals surface area contributed by atoms with Gasteiger partial charge in [0.2, 0.25) is 10.0 Å². The molecule has 0 unspecified atom stereocenters. The van der Waals surface area contributed by atoms with Crippen LogP contribution in [0.1, 0.15) is 43.0 Å². The van der Waals surface area contributed by atoms with E-state index in [1.807, 2.05) is 6.07 Å². The third-order valence-corrected chi connectivity index (χ3v) is 6.87. The molecular weight excluding hydrogens is 340 g/mol. The van der Waals surface area contributed by atoms with Crippen LogP contribution in [0.25, 0.3) is 0 Å². The zero-order valence-electron chi connectivity index (χ0n) is 14.6. The Balaban J connectivity index is 1.62. The lowest BCUT2D eigenvalue weighted by Gasteiger charge is -2.31. The molecule has 1 aromatic heterocycles. The predicted octanol–water partition coefficient (Wildman–Crippen LogP) is 1.23. The molecule has 0 atom stereocenters. The number of pyridine rings is 1. The van der Waals surface area contributed by atoms with Crippen molar-refractivity contribution < 1.29 is 13.2 Å². The molecule has 0 aliphatic carbocycles. The lowest BCUT2D eigenvalue weighted by atomic mass is 10.1. The van der Waals surface area contributed by atoms with Crippen molar-refractivity contribution in [2.75, 3.05) is 36.8 Å². The van der Waals surface area contributed by atoms with E-state index in [9.17, 15) is 13.2 Å². The Labute approximate surface area is 149 Å². The minimum Gasteiger partial charge on any atom is -0.356 e. The van der Waals surface area contributed by atoms with Crippen LogP contribution >= 0.6 is 0 Å². The second kappa shape index (κ2) is 7.70. The summed E-state index contributed by atoms with van der Waals surface area (Å²) in [5.74, 6) is 0.758. The molecule has 2 aliphatic rings. The van der Waals surface area contributed by atoms with Crippen LogP contribution in [0.15, 0.2) is 18.3 Å². The maximum Gasteiger partial charge on any atom is 0.255 e. The minimum atomic E-state index is -3.14. The van der Waals surface area contributed by atoms with Gasteiger partial charge >= 0.3 is 0 Å². The molecule has 0 bridgehead atoms. The molecule has 2 saturated heterocycles. The van der Waals surface area contributed by atoms with E-state index in [0.717, 1.165) is 31.7 Å². The van der Waals surface area contributed by atoms with Crippen molar-refractivity contribution in [2.45, 2.75) is 38.6 Å². The number of carbonyl (C=O) groups is 1. The van der Waals surface area contributed by atoms with Gasteiger partial charge in [0, 0.05) is 38.4 Å². The van der Waals surface area contributed by atoms with E-state index in [0.29, 0.717) is 31.5 Å². The molecule has 7 nitrogen and oxygen atoms in total. The molecule has 0 spiro atoms. The predicted molar refractivity (Wildman–Crippen MR) is 97.2 cm³/mol. The summed E-state index contributed by atoms with van der Waals surface area (Å²) < 4.78 is 25.4. The average molecular weight is 366 g/mol. The number of piperidine rings is 1. The normalized spacial score (nSPS) is 20.0. The van der Waals surface area contributed by atoms with Gasteiger partial charge in [-0.3, -0.25) is 4.79 Å². The molecule has 3 rings (SSSR count). The number of hydrogen-bond acceptors (Lipinski definition) is 5.